The first-order valence-electron chi connectivity index (χ1n) is 11.9. The number of carbonyl (C=O) groups excluding carboxylic acids is 1. The minimum atomic E-state index is -4.54. The first-order chi connectivity index (χ1) is 18.3. The second-order valence-electron chi connectivity index (χ2n) is 8.72. The Morgan fingerprint density at radius 1 is 0.974 bits per heavy atom. The molecule has 3 aromatic carbocycles. The summed E-state index contributed by atoms with van der Waals surface area (Å²) in [6, 6.07) is 21.2. The lowest BCUT2D eigenvalue weighted by Gasteiger charge is -2.18. The lowest BCUT2D eigenvalue weighted by atomic mass is 10.0. The molecule has 2 aromatic heterocycles. The highest BCUT2D eigenvalue weighted by atomic mass is 32.1. The van der Waals surface area contributed by atoms with Gasteiger partial charge in [-0.25, -0.2) is 4.98 Å². The van der Waals surface area contributed by atoms with E-state index in [4.69, 9.17) is 0 Å². The van der Waals surface area contributed by atoms with Gasteiger partial charge in [-0.2, -0.15) is 13.2 Å². The monoisotopic (exact) mass is 533 g/mol. The van der Waals surface area contributed by atoms with E-state index in [-0.39, 0.29) is 17.7 Å². The van der Waals surface area contributed by atoms with Gasteiger partial charge in [0.2, 0.25) is 5.91 Å². The van der Waals surface area contributed by atoms with Crippen LogP contribution < -0.4 is 10.9 Å². The van der Waals surface area contributed by atoms with Crippen molar-refractivity contribution in [3.05, 3.63) is 106 Å². The third-order valence-corrected chi connectivity index (χ3v) is 7.19. The number of aromatic nitrogens is 2. The van der Waals surface area contributed by atoms with Crippen molar-refractivity contribution in [1.29, 1.82) is 0 Å². The summed E-state index contributed by atoms with van der Waals surface area (Å²) < 4.78 is 40.5. The van der Waals surface area contributed by atoms with E-state index in [1.165, 1.54) is 34.4 Å². The number of hydrogen-bond donors (Lipinski definition) is 1. The zero-order chi connectivity index (χ0) is 26.9. The van der Waals surface area contributed by atoms with E-state index in [0.717, 1.165) is 28.8 Å². The second-order valence-corrected chi connectivity index (χ2v) is 9.58. The van der Waals surface area contributed by atoms with Gasteiger partial charge in [0.25, 0.3) is 5.56 Å². The van der Waals surface area contributed by atoms with Crippen LogP contribution in [0.5, 0.6) is 0 Å². The van der Waals surface area contributed by atoms with Gasteiger partial charge >= 0.3 is 6.18 Å². The van der Waals surface area contributed by atoms with E-state index in [1.807, 2.05) is 60.0 Å². The third-order valence-electron chi connectivity index (χ3n) is 6.30. The third kappa shape index (κ3) is 4.97. The number of nitrogens with zero attached hydrogens (tertiary/aromatic N) is 2. The van der Waals surface area contributed by atoms with Gasteiger partial charge < -0.3 is 5.32 Å². The number of hydrogen-bond acceptors (Lipinski definition) is 4. The van der Waals surface area contributed by atoms with Crippen molar-refractivity contribution in [3.8, 4) is 22.3 Å². The minimum Gasteiger partial charge on any atom is -0.324 e. The molecule has 0 spiro atoms. The Labute approximate surface area is 220 Å². The van der Waals surface area contributed by atoms with Crippen LogP contribution in [0.2, 0.25) is 0 Å². The van der Waals surface area contributed by atoms with Crippen LogP contribution in [0.3, 0.4) is 0 Å². The summed E-state index contributed by atoms with van der Waals surface area (Å²) in [6.45, 7) is 1.73. The maximum atomic E-state index is 13.6. The van der Waals surface area contributed by atoms with Crippen molar-refractivity contribution in [1.82, 2.24) is 9.55 Å². The van der Waals surface area contributed by atoms with Crippen LogP contribution in [0.15, 0.2) is 95.4 Å². The van der Waals surface area contributed by atoms with E-state index < -0.39 is 23.7 Å². The topological polar surface area (TPSA) is 64.0 Å². The zero-order valence-corrected chi connectivity index (χ0v) is 21.0. The Hall–Kier alpha value is -4.24. The highest BCUT2D eigenvalue weighted by Crippen LogP contribution is 2.33. The van der Waals surface area contributed by atoms with Gasteiger partial charge in [0, 0.05) is 16.6 Å². The molecule has 1 unspecified atom stereocenters. The molecule has 5 aromatic rings. The summed E-state index contributed by atoms with van der Waals surface area (Å²) in [5.74, 6) is -0.598. The predicted octanol–water partition coefficient (Wildman–Crippen LogP) is 7.40. The van der Waals surface area contributed by atoms with Crippen LogP contribution in [0.4, 0.5) is 18.9 Å². The Morgan fingerprint density at radius 2 is 1.66 bits per heavy atom. The number of thiophene rings is 1. The predicted molar refractivity (Wildman–Crippen MR) is 144 cm³/mol. The number of amides is 1. The van der Waals surface area contributed by atoms with Crippen LogP contribution in [0, 0.1) is 0 Å². The molecular formula is C29H22F3N3O2S. The van der Waals surface area contributed by atoms with Crippen molar-refractivity contribution < 1.29 is 18.0 Å². The summed E-state index contributed by atoms with van der Waals surface area (Å²) in [4.78, 5) is 31.7. The van der Waals surface area contributed by atoms with Gasteiger partial charge in [-0.15, -0.1) is 11.3 Å². The molecule has 0 aliphatic carbocycles. The molecule has 1 N–H and O–H groups in total. The lowest BCUT2D eigenvalue weighted by Crippen LogP contribution is -2.33. The lowest BCUT2D eigenvalue weighted by molar-refractivity contribution is -0.137. The number of alkyl halides is 3. The molecule has 5 nitrogen and oxygen atoms in total. The Balaban J connectivity index is 1.47. The number of nitrogens with one attached hydrogen (secondary N) is 1. The largest absolute Gasteiger partial charge is 0.416 e. The first-order valence-corrected chi connectivity index (χ1v) is 12.8. The van der Waals surface area contributed by atoms with Gasteiger partial charge in [-0.1, -0.05) is 67.6 Å². The average Bonchev–Trinajstić information content (AvgIpc) is 3.36. The van der Waals surface area contributed by atoms with Crippen molar-refractivity contribution in [2.24, 2.45) is 0 Å². The first kappa shape index (κ1) is 25.4. The second kappa shape index (κ2) is 10.3. The van der Waals surface area contributed by atoms with Crippen molar-refractivity contribution >= 4 is 33.1 Å². The molecule has 0 saturated carbocycles. The molecular weight excluding hydrogens is 511 g/mol. The molecule has 0 saturated heterocycles. The van der Waals surface area contributed by atoms with Gasteiger partial charge in [-0.3, -0.25) is 14.2 Å². The normalized spacial score (nSPS) is 12.4. The summed E-state index contributed by atoms with van der Waals surface area (Å²) in [6.07, 6.45) is -2.97. The molecule has 0 radical (unpaired) electrons. The van der Waals surface area contributed by atoms with Crippen molar-refractivity contribution in [2.75, 3.05) is 5.32 Å². The molecule has 1 amide bonds. The quantitative estimate of drug-likeness (QED) is 0.247. The van der Waals surface area contributed by atoms with Crippen LogP contribution >= 0.6 is 11.3 Å². The molecule has 2 heterocycles. The van der Waals surface area contributed by atoms with Crippen molar-refractivity contribution in [3.63, 3.8) is 0 Å². The molecule has 1 atom stereocenters. The van der Waals surface area contributed by atoms with Crippen LogP contribution in [0.25, 0.3) is 32.5 Å². The minimum absolute atomic E-state index is 0.0000828. The standard InChI is InChI=1S/C29H22F3N3O2S/c1-2-24(26(36)34-22-10-6-9-21(15-22)29(30,31)32)35-17-33-27-25(28(35)37)23(16-38-27)20-13-11-19(12-14-20)18-7-4-3-5-8-18/h3-17,24H,2H2,1H3,(H,34,36). The highest BCUT2D eigenvalue weighted by molar-refractivity contribution is 7.17. The molecule has 38 heavy (non-hydrogen) atoms. The van der Waals surface area contributed by atoms with E-state index >= 15 is 0 Å². The Morgan fingerprint density at radius 3 is 2.34 bits per heavy atom. The number of fused-ring (bicyclic) bond motifs is 1. The summed E-state index contributed by atoms with van der Waals surface area (Å²) in [7, 11) is 0. The highest BCUT2D eigenvalue weighted by Gasteiger charge is 2.31. The smallest absolute Gasteiger partial charge is 0.324 e. The zero-order valence-electron chi connectivity index (χ0n) is 20.2. The van der Waals surface area contributed by atoms with E-state index in [1.54, 1.807) is 6.92 Å². The Kier molecular flexibility index (Phi) is 6.86. The number of anilines is 1. The fourth-order valence-corrected chi connectivity index (χ4v) is 5.27. The molecule has 192 valence electrons. The van der Waals surface area contributed by atoms with Crippen molar-refractivity contribution in [2.45, 2.75) is 25.6 Å². The number of rotatable bonds is 6. The summed E-state index contributed by atoms with van der Waals surface area (Å²) >= 11 is 1.33. The van der Waals surface area contributed by atoms with E-state index in [9.17, 15) is 22.8 Å². The van der Waals surface area contributed by atoms with Crippen LogP contribution in [0.1, 0.15) is 24.9 Å². The summed E-state index contributed by atoms with van der Waals surface area (Å²) in [5.41, 5.74) is 2.42. The number of benzene rings is 3. The fourth-order valence-electron chi connectivity index (χ4n) is 4.36. The Bertz CT molecular complexity index is 1660. The van der Waals surface area contributed by atoms with Gasteiger partial charge in [0.05, 0.1) is 17.3 Å². The maximum absolute atomic E-state index is 13.6. The number of halogens is 3. The van der Waals surface area contributed by atoms with Gasteiger partial charge in [0.15, 0.2) is 0 Å². The maximum Gasteiger partial charge on any atom is 0.416 e. The van der Waals surface area contributed by atoms with Crippen LogP contribution in [-0.2, 0) is 11.0 Å². The van der Waals surface area contributed by atoms with Crippen LogP contribution in [-0.4, -0.2) is 15.5 Å². The van der Waals surface area contributed by atoms with E-state index in [2.05, 4.69) is 10.3 Å². The van der Waals surface area contributed by atoms with Gasteiger partial charge in [-0.05, 0) is 41.3 Å². The SMILES string of the molecule is CCC(C(=O)Nc1cccc(C(F)(F)F)c1)n1cnc2scc(-c3ccc(-c4ccccc4)cc3)c2c1=O. The molecule has 5 rings (SSSR count). The molecule has 0 aliphatic heterocycles. The number of carbonyl (C=O) groups is 1. The molecule has 0 aliphatic rings. The average molecular weight is 534 g/mol. The van der Waals surface area contributed by atoms with Gasteiger partial charge in [0.1, 0.15) is 10.9 Å². The summed E-state index contributed by atoms with van der Waals surface area (Å²) in [5, 5.41) is 4.78. The van der Waals surface area contributed by atoms with E-state index in [0.29, 0.717) is 15.8 Å². The fraction of sp³-hybridized carbons (Fsp3) is 0.138. The molecule has 0 fully saturated rings. The molecule has 9 heteroatoms. The molecule has 0 bridgehead atoms.